The first-order valence-corrected chi connectivity index (χ1v) is 8.95. The number of rotatable bonds is 1. The van der Waals surface area contributed by atoms with Gasteiger partial charge in [-0.05, 0) is 62.3 Å². The van der Waals surface area contributed by atoms with Gasteiger partial charge >= 0.3 is 6.18 Å². The number of hydrogen-bond donors (Lipinski definition) is 2. The van der Waals surface area contributed by atoms with Gasteiger partial charge in [-0.2, -0.15) is 13.2 Å². The van der Waals surface area contributed by atoms with E-state index in [2.05, 4.69) is 21.2 Å². The standard InChI is InChI=1S/C18H19BrF3NO2/c1-9-3-4-12(19)10(2)13(9)14-15(24)17(23-16(14)25)7-5-11(6-8-17)18(20,21)22/h3-4,11,24H,5-8H2,1-2H3,(H,23,25). The summed E-state index contributed by atoms with van der Waals surface area (Å²) in [5, 5.41) is 13.6. The molecule has 1 aliphatic heterocycles. The molecule has 0 aromatic heterocycles. The molecule has 1 heterocycles. The lowest BCUT2D eigenvalue weighted by atomic mass is 9.75. The molecule has 2 aliphatic rings. The highest BCUT2D eigenvalue weighted by Crippen LogP contribution is 2.47. The van der Waals surface area contributed by atoms with Crippen molar-refractivity contribution in [3.63, 3.8) is 0 Å². The molecule has 1 saturated carbocycles. The molecule has 136 valence electrons. The van der Waals surface area contributed by atoms with Crippen molar-refractivity contribution in [2.75, 3.05) is 0 Å². The fraction of sp³-hybridized carbons (Fsp3) is 0.500. The van der Waals surface area contributed by atoms with Crippen molar-refractivity contribution >= 4 is 27.4 Å². The first kappa shape index (κ1) is 18.3. The van der Waals surface area contributed by atoms with Gasteiger partial charge in [-0.3, -0.25) is 4.79 Å². The lowest BCUT2D eigenvalue weighted by Gasteiger charge is -2.37. The number of carbonyl (C=O) groups is 1. The first-order valence-electron chi connectivity index (χ1n) is 8.16. The van der Waals surface area contributed by atoms with Gasteiger partial charge in [0, 0.05) is 4.47 Å². The van der Waals surface area contributed by atoms with Crippen LogP contribution in [0, 0.1) is 19.8 Å². The lowest BCUT2D eigenvalue weighted by Crippen LogP contribution is -2.48. The number of alkyl halides is 3. The van der Waals surface area contributed by atoms with Crippen molar-refractivity contribution in [2.45, 2.75) is 51.2 Å². The average molecular weight is 418 g/mol. The molecule has 3 nitrogen and oxygen atoms in total. The van der Waals surface area contributed by atoms with Crippen LogP contribution in [-0.4, -0.2) is 22.7 Å². The van der Waals surface area contributed by atoms with Crippen LogP contribution in [0.1, 0.15) is 42.4 Å². The van der Waals surface area contributed by atoms with Crippen LogP contribution >= 0.6 is 15.9 Å². The van der Waals surface area contributed by atoms with E-state index < -0.39 is 23.5 Å². The zero-order valence-corrected chi connectivity index (χ0v) is 15.5. The molecular formula is C18H19BrF3NO2. The third-order valence-electron chi connectivity index (χ3n) is 5.43. The predicted molar refractivity (Wildman–Crippen MR) is 92.1 cm³/mol. The minimum absolute atomic E-state index is 0.0876. The summed E-state index contributed by atoms with van der Waals surface area (Å²) in [6.07, 6.45) is -4.26. The van der Waals surface area contributed by atoms with Gasteiger partial charge in [0.25, 0.3) is 5.91 Å². The Labute approximate surface area is 152 Å². The minimum Gasteiger partial charge on any atom is -0.509 e. The van der Waals surface area contributed by atoms with Gasteiger partial charge in [0.15, 0.2) is 0 Å². The number of benzene rings is 1. The third-order valence-corrected chi connectivity index (χ3v) is 6.29. The number of amides is 1. The van der Waals surface area contributed by atoms with E-state index in [1.54, 1.807) is 0 Å². The molecule has 0 saturated heterocycles. The maximum absolute atomic E-state index is 12.9. The second-order valence-corrected chi connectivity index (χ2v) is 7.79. The lowest BCUT2D eigenvalue weighted by molar-refractivity contribution is -0.184. The number of halogens is 4. The molecule has 1 aromatic rings. The first-order chi connectivity index (χ1) is 11.6. The van der Waals surface area contributed by atoms with Crippen LogP contribution in [0.2, 0.25) is 0 Å². The molecule has 0 bridgehead atoms. The van der Waals surface area contributed by atoms with Crippen molar-refractivity contribution in [3.05, 3.63) is 39.1 Å². The summed E-state index contributed by atoms with van der Waals surface area (Å²) in [7, 11) is 0. The molecule has 1 aromatic carbocycles. The molecule has 0 atom stereocenters. The molecule has 2 N–H and O–H groups in total. The Balaban J connectivity index is 2.00. The summed E-state index contributed by atoms with van der Waals surface area (Å²) in [6.45, 7) is 3.68. The Hall–Kier alpha value is -1.50. The van der Waals surface area contributed by atoms with E-state index in [0.717, 1.165) is 15.6 Å². The van der Waals surface area contributed by atoms with Crippen molar-refractivity contribution < 1.29 is 23.1 Å². The molecule has 1 spiro atoms. The number of aliphatic hydroxyl groups excluding tert-OH is 1. The average Bonchev–Trinajstić information content (AvgIpc) is 2.75. The Morgan fingerprint density at radius 2 is 1.84 bits per heavy atom. The van der Waals surface area contributed by atoms with Crippen LogP contribution in [0.4, 0.5) is 13.2 Å². The molecule has 25 heavy (non-hydrogen) atoms. The van der Waals surface area contributed by atoms with Crippen LogP contribution in [0.25, 0.3) is 5.57 Å². The Bertz CT molecular complexity index is 762. The van der Waals surface area contributed by atoms with Gasteiger partial charge in [-0.1, -0.05) is 22.0 Å². The fourth-order valence-corrected chi connectivity index (χ4v) is 4.25. The Morgan fingerprint density at radius 3 is 2.40 bits per heavy atom. The van der Waals surface area contributed by atoms with Crippen molar-refractivity contribution in [3.8, 4) is 0 Å². The maximum atomic E-state index is 12.9. The third kappa shape index (κ3) is 2.96. The van der Waals surface area contributed by atoms with Gasteiger partial charge in [-0.25, -0.2) is 0 Å². The quantitative estimate of drug-likeness (QED) is 0.678. The van der Waals surface area contributed by atoms with E-state index in [-0.39, 0.29) is 37.0 Å². The van der Waals surface area contributed by atoms with Gasteiger partial charge in [0.1, 0.15) is 5.76 Å². The topological polar surface area (TPSA) is 49.3 Å². The largest absolute Gasteiger partial charge is 0.509 e. The number of nitrogens with one attached hydrogen (secondary N) is 1. The molecule has 3 rings (SSSR count). The predicted octanol–water partition coefficient (Wildman–Crippen LogP) is 4.96. The highest BCUT2D eigenvalue weighted by molar-refractivity contribution is 9.10. The van der Waals surface area contributed by atoms with E-state index in [4.69, 9.17) is 0 Å². The monoisotopic (exact) mass is 417 g/mol. The summed E-state index contributed by atoms with van der Waals surface area (Å²) in [6, 6.07) is 3.70. The molecule has 1 aliphatic carbocycles. The zero-order chi connectivity index (χ0) is 18.6. The molecule has 7 heteroatoms. The van der Waals surface area contributed by atoms with Crippen LogP contribution in [0.3, 0.4) is 0 Å². The molecule has 0 radical (unpaired) electrons. The van der Waals surface area contributed by atoms with Crippen LogP contribution in [0.5, 0.6) is 0 Å². The number of aliphatic hydroxyl groups is 1. The maximum Gasteiger partial charge on any atom is 0.391 e. The normalized spacial score (nSPS) is 27.1. The summed E-state index contributed by atoms with van der Waals surface area (Å²) >= 11 is 3.42. The minimum atomic E-state index is -4.23. The van der Waals surface area contributed by atoms with Gasteiger partial charge in [-0.15, -0.1) is 0 Å². The van der Waals surface area contributed by atoms with E-state index in [0.29, 0.717) is 5.56 Å². The highest BCUT2D eigenvalue weighted by Gasteiger charge is 2.52. The molecule has 1 fully saturated rings. The fourth-order valence-electron chi connectivity index (χ4n) is 3.92. The Kier molecular flexibility index (Phi) is 4.42. The van der Waals surface area contributed by atoms with Gasteiger partial charge in [0.05, 0.1) is 17.0 Å². The van der Waals surface area contributed by atoms with Crippen LogP contribution in [0.15, 0.2) is 22.4 Å². The summed E-state index contributed by atoms with van der Waals surface area (Å²) < 4.78 is 39.6. The SMILES string of the molecule is Cc1ccc(Br)c(C)c1C1=C(O)C2(CCC(C(F)(F)F)CC2)NC1=O. The number of hydrogen-bond acceptors (Lipinski definition) is 2. The smallest absolute Gasteiger partial charge is 0.391 e. The molecular weight excluding hydrogens is 399 g/mol. The van der Waals surface area contributed by atoms with E-state index in [9.17, 15) is 23.1 Å². The van der Waals surface area contributed by atoms with E-state index in [1.165, 1.54) is 0 Å². The zero-order valence-electron chi connectivity index (χ0n) is 13.9. The number of aryl methyl sites for hydroxylation is 1. The molecule has 1 amide bonds. The number of carbonyl (C=O) groups excluding carboxylic acids is 1. The highest BCUT2D eigenvalue weighted by atomic mass is 79.9. The van der Waals surface area contributed by atoms with Crippen molar-refractivity contribution in [1.29, 1.82) is 0 Å². The van der Waals surface area contributed by atoms with Gasteiger partial charge in [0.2, 0.25) is 0 Å². The van der Waals surface area contributed by atoms with E-state index in [1.807, 2.05) is 26.0 Å². The summed E-state index contributed by atoms with van der Waals surface area (Å²) in [5.41, 5.74) is 1.40. The Morgan fingerprint density at radius 1 is 1.24 bits per heavy atom. The van der Waals surface area contributed by atoms with E-state index >= 15 is 0 Å². The second-order valence-electron chi connectivity index (χ2n) is 6.94. The van der Waals surface area contributed by atoms with Gasteiger partial charge < -0.3 is 10.4 Å². The second kappa shape index (κ2) is 6.04. The van der Waals surface area contributed by atoms with Crippen molar-refractivity contribution in [2.24, 2.45) is 5.92 Å². The summed E-state index contributed by atoms with van der Waals surface area (Å²) in [4.78, 5) is 12.6. The van der Waals surface area contributed by atoms with Crippen molar-refractivity contribution in [1.82, 2.24) is 5.32 Å². The molecule has 0 unspecified atom stereocenters. The van der Waals surface area contributed by atoms with Crippen LogP contribution in [-0.2, 0) is 4.79 Å². The van der Waals surface area contributed by atoms with Crippen LogP contribution < -0.4 is 5.32 Å². The summed E-state index contributed by atoms with van der Waals surface area (Å²) in [5.74, 6) is -1.92.